The Morgan fingerprint density at radius 2 is 2.04 bits per heavy atom. The topological polar surface area (TPSA) is 77.2 Å². The minimum absolute atomic E-state index is 0.0896. The Bertz CT molecular complexity index is 983. The normalized spacial score (nSPS) is 11.6. The number of nitrogens with one attached hydrogen (secondary N) is 1. The molecule has 2 aromatic heterocycles. The quantitative estimate of drug-likeness (QED) is 0.731. The summed E-state index contributed by atoms with van der Waals surface area (Å²) < 4.78 is 46.8. The number of ether oxygens (including phenoxy) is 1. The highest BCUT2D eigenvalue weighted by Crippen LogP contribution is 2.22. The minimum Gasteiger partial charge on any atom is -0.468 e. The van der Waals surface area contributed by atoms with Crippen LogP contribution in [0.2, 0.25) is 0 Å². The molecular weight excluding hydrogens is 363 g/mol. The number of benzene rings is 1. The Morgan fingerprint density at radius 1 is 1.26 bits per heavy atom. The van der Waals surface area contributed by atoms with Crippen LogP contribution in [0.15, 0.2) is 34.9 Å². The molecule has 0 aliphatic heterocycles. The van der Waals surface area contributed by atoms with Crippen LogP contribution >= 0.6 is 0 Å². The van der Waals surface area contributed by atoms with Crippen molar-refractivity contribution < 1.29 is 27.1 Å². The maximum Gasteiger partial charge on any atom is 0.422 e. The fourth-order valence-corrected chi connectivity index (χ4v) is 2.53. The lowest BCUT2D eigenvalue weighted by Crippen LogP contribution is -2.23. The smallest absolute Gasteiger partial charge is 0.422 e. The van der Waals surface area contributed by atoms with Crippen molar-refractivity contribution in [1.29, 1.82) is 0 Å². The van der Waals surface area contributed by atoms with Crippen LogP contribution in [0, 0.1) is 13.8 Å². The SMILES string of the molecule is Cc1cc(C(=O)NCc2ccnc(OCC(F)(F)F)c2)c2oc(C)nc2c1. The Kier molecular flexibility index (Phi) is 5.02. The second kappa shape index (κ2) is 7.26. The Labute approximate surface area is 152 Å². The average molecular weight is 379 g/mol. The van der Waals surface area contributed by atoms with Crippen molar-refractivity contribution in [3.63, 3.8) is 0 Å². The fourth-order valence-electron chi connectivity index (χ4n) is 2.53. The molecule has 0 spiro atoms. The predicted octanol–water partition coefficient (Wildman–Crippen LogP) is 3.71. The van der Waals surface area contributed by atoms with Crippen molar-refractivity contribution >= 4 is 17.0 Å². The van der Waals surface area contributed by atoms with Crippen molar-refractivity contribution in [2.75, 3.05) is 6.61 Å². The standard InChI is InChI=1S/C18H16F3N3O3/c1-10-5-13(16-14(6-10)24-11(2)27-16)17(25)23-8-12-3-4-22-15(7-12)26-9-18(19,20)21/h3-7H,8-9H2,1-2H3,(H,23,25). The van der Waals surface area contributed by atoms with Gasteiger partial charge >= 0.3 is 6.18 Å². The van der Waals surface area contributed by atoms with E-state index in [4.69, 9.17) is 4.42 Å². The van der Waals surface area contributed by atoms with Crippen LogP contribution in [0.5, 0.6) is 5.88 Å². The van der Waals surface area contributed by atoms with Crippen LogP contribution in [0.1, 0.15) is 27.4 Å². The number of alkyl halides is 3. The van der Waals surface area contributed by atoms with E-state index in [9.17, 15) is 18.0 Å². The van der Waals surface area contributed by atoms with Crippen molar-refractivity contribution in [2.24, 2.45) is 0 Å². The zero-order valence-corrected chi connectivity index (χ0v) is 14.6. The molecule has 27 heavy (non-hydrogen) atoms. The van der Waals surface area contributed by atoms with Gasteiger partial charge in [0.05, 0.1) is 5.56 Å². The zero-order chi connectivity index (χ0) is 19.6. The lowest BCUT2D eigenvalue weighted by molar-refractivity contribution is -0.154. The number of aromatic nitrogens is 2. The van der Waals surface area contributed by atoms with Crippen molar-refractivity contribution in [1.82, 2.24) is 15.3 Å². The Hall–Kier alpha value is -3.10. The summed E-state index contributed by atoms with van der Waals surface area (Å²) in [4.78, 5) is 20.5. The van der Waals surface area contributed by atoms with Gasteiger partial charge in [-0.15, -0.1) is 0 Å². The summed E-state index contributed by atoms with van der Waals surface area (Å²) in [6.07, 6.45) is -3.13. The maximum absolute atomic E-state index is 12.5. The van der Waals surface area contributed by atoms with Crippen LogP contribution in [0.25, 0.3) is 11.1 Å². The van der Waals surface area contributed by atoms with Crippen molar-refractivity contribution in [3.8, 4) is 5.88 Å². The molecule has 3 rings (SSSR count). The number of pyridine rings is 1. The second-order valence-electron chi connectivity index (χ2n) is 5.98. The second-order valence-corrected chi connectivity index (χ2v) is 5.98. The number of hydrogen-bond acceptors (Lipinski definition) is 5. The van der Waals surface area contributed by atoms with Crippen LogP contribution in [0.4, 0.5) is 13.2 Å². The van der Waals surface area contributed by atoms with E-state index in [-0.39, 0.29) is 18.3 Å². The van der Waals surface area contributed by atoms with Crippen molar-refractivity contribution in [2.45, 2.75) is 26.6 Å². The molecule has 9 heteroatoms. The first-order valence-corrected chi connectivity index (χ1v) is 8.02. The molecule has 2 heterocycles. The van der Waals surface area contributed by atoms with Gasteiger partial charge in [-0.2, -0.15) is 13.2 Å². The number of rotatable bonds is 5. The van der Waals surface area contributed by atoms with Gasteiger partial charge in [0.15, 0.2) is 18.1 Å². The number of halogens is 3. The van der Waals surface area contributed by atoms with Crippen LogP contribution in [-0.4, -0.2) is 28.7 Å². The van der Waals surface area contributed by atoms with Gasteiger partial charge in [-0.05, 0) is 36.2 Å². The summed E-state index contributed by atoms with van der Waals surface area (Å²) in [5.74, 6) is -0.0949. The third-order valence-electron chi connectivity index (χ3n) is 3.62. The molecule has 0 atom stereocenters. The largest absolute Gasteiger partial charge is 0.468 e. The van der Waals surface area contributed by atoms with Crippen LogP contribution < -0.4 is 10.1 Å². The summed E-state index contributed by atoms with van der Waals surface area (Å²) >= 11 is 0. The highest BCUT2D eigenvalue weighted by Gasteiger charge is 2.28. The van der Waals surface area contributed by atoms with E-state index in [2.05, 4.69) is 20.0 Å². The Morgan fingerprint density at radius 3 is 2.78 bits per heavy atom. The molecule has 0 unspecified atom stereocenters. The first-order valence-electron chi connectivity index (χ1n) is 8.02. The van der Waals surface area contributed by atoms with Gasteiger partial charge in [-0.3, -0.25) is 4.79 Å². The number of carbonyl (C=O) groups excluding carboxylic acids is 1. The molecular formula is C18H16F3N3O3. The summed E-state index contributed by atoms with van der Waals surface area (Å²) in [6.45, 7) is 2.19. The molecule has 3 aromatic rings. The van der Waals surface area contributed by atoms with Gasteiger partial charge in [-0.1, -0.05) is 0 Å². The minimum atomic E-state index is -4.45. The van der Waals surface area contributed by atoms with E-state index in [1.165, 1.54) is 12.3 Å². The van der Waals surface area contributed by atoms with E-state index in [0.29, 0.717) is 28.1 Å². The molecule has 0 radical (unpaired) electrons. The number of aryl methyl sites for hydroxylation is 2. The van der Waals surface area contributed by atoms with Gasteiger partial charge in [-0.25, -0.2) is 9.97 Å². The third kappa shape index (κ3) is 4.75. The summed E-state index contributed by atoms with van der Waals surface area (Å²) in [5.41, 5.74) is 2.72. The lowest BCUT2D eigenvalue weighted by Gasteiger charge is -2.10. The number of oxazole rings is 1. The Balaban J connectivity index is 1.71. The van der Waals surface area contributed by atoms with Gasteiger partial charge in [0.2, 0.25) is 5.88 Å². The molecule has 0 fully saturated rings. The first kappa shape index (κ1) is 18.7. The highest BCUT2D eigenvalue weighted by atomic mass is 19.4. The molecule has 0 saturated carbocycles. The molecule has 6 nitrogen and oxygen atoms in total. The molecule has 1 aromatic carbocycles. The molecule has 0 saturated heterocycles. The molecule has 1 amide bonds. The number of nitrogens with zero attached hydrogens (tertiary/aromatic N) is 2. The van der Waals surface area contributed by atoms with Crippen LogP contribution in [-0.2, 0) is 6.54 Å². The van der Waals surface area contributed by atoms with E-state index >= 15 is 0 Å². The van der Waals surface area contributed by atoms with Crippen LogP contribution in [0.3, 0.4) is 0 Å². The van der Waals surface area contributed by atoms with Gasteiger partial charge in [0.25, 0.3) is 5.91 Å². The first-order chi connectivity index (χ1) is 12.7. The van der Waals surface area contributed by atoms with Gasteiger partial charge in [0.1, 0.15) is 5.52 Å². The molecule has 0 aliphatic carbocycles. The highest BCUT2D eigenvalue weighted by molar-refractivity contribution is 6.04. The molecule has 142 valence electrons. The predicted molar refractivity (Wildman–Crippen MR) is 90.4 cm³/mol. The third-order valence-corrected chi connectivity index (χ3v) is 3.62. The maximum atomic E-state index is 12.5. The summed E-state index contributed by atoms with van der Waals surface area (Å²) in [7, 11) is 0. The summed E-state index contributed by atoms with van der Waals surface area (Å²) in [5, 5.41) is 2.71. The number of hydrogen-bond donors (Lipinski definition) is 1. The zero-order valence-electron chi connectivity index (χ0n) is 14.6. The summed E-state index contributed by atoms with van der Waals surface area (Å²) in [6, 6.07) is 6.42. The molecule has 0 aliphatic rings. The number of fused-ring (bicyclic) bond motifs is 1. The van der Waals surface area contributed by atoms with E-state index < -0.39 is 12.8 Å². The fraction of sp³-hybridized carbons (Fsp3) is 0.278. The van der Waals surface area contributed by atoms with Gasteiger partial charge < -0.3 is 14.5 Å². The number of carbonyl (C=O) groups is 1. The monoisotopic (exact) mass is 379 g/mol. The van der Waals surface area contributed by atoms with Crippen molar-refractivity contribution in [3.05, 3.63) is 53.0 Å². The average Bonchev–Trinajstić information content (AvgIpc) is 2.97. The van der Waals surface area contributed by atoms with Gasteiger partial charge in [0, 0.05) is 25.7 Å². The molecule has 1 N–H and O–H groups in total. The lowest BCUT2D eigenvalue weighted by atomic mass is 10.1. The van der Waals surface area contributed by atoms with E-state index in [1.807, 2.05) is 13.0 Å². The van der Waals surface area contributed by atoms with E-state index in [1.54, 1.807) is 19.1 Å². The van der Waals surface area contributed by atoms with E-state index in [0.717, 1.165) is 5.56 Å². The molecule has 0 bridgehead atoms. The number of amides is 1.